The van der Waals surface area contributed by atoms with E-state index >= 15 is 0 Å². The van der Waals surface area contributed by atoms with E-state index in [4.69, 9.17) is 0 Å². The van der Waals surface area contributed by atoms with Gasteiger partial charge in [-0.25, -0.2) is 4.98 Å². The van der Waals surface area contributed by atoms with Crippen molar-refractivity contribution in [1.82, 2.24) is 19.8 Å². The van der Waals surface area contributed by atoms with Gasteiger partial charge < -0.3 is 9.88 Å². The van der Waals surface area contributed by atoms with Crippen molar-refractivity contribution in [2.24, 2.45) is 13.0 Å². The van der Waals surface area contributed by atoms with Crippen LogP contribution in [-0.2, 0) is 24.8 Å². The highest BCUT2D eigenvalue weighted by molar-refractivity contribution is 5.78. The van der Waals surface area contributed by atoms with Gasteiger partial charge in [-0.05, 0) is 43.4 Å². The number of hydrogen-bond donors (Lipinski definition) is 1. The number of carbonyl (C=O) groups is 1. The molecule has 0 bridgehead atoms. The van der Waals surface area contributed by atoms with E-state index < -0.39 is 0 Å². The number of aryl methyl sites for hydroxylation is 2. The van der Waals surface area contributed by atoms with Crippen LogP contribution >= 0.6 is 0 Å². The highest BCUT2D eigenvalue weighted by Crippen LogP contribution is 2.20. The van der Waals surface area contributed by atoms with Crippen LogP contribution in [0.25, 0.3) is 0 Å². The molecule has 0 spiro atoms. The molecule has 3 rings (SSSR count). The number of aromatic nitrogens is 2. The molecule has 2 aromatic rings. The van der Waals surface area contributed by atoms with Gasteiger partial charge in [0.15, 0.2) is 0 Å². The van der Waals surface area contributed by atoms with E-state index in [1.807, 2.05) is 31.6 Å². The standard InChI is InChI=1S/C20H28N4O/c1-16-6-3-4-8-18(16)13-22-20(25)15-24-10-5-7-17(14-24)12-19-21-9-11-23(19)2/h3-4,6,8-9,11,17H,5,7,10,12-15H2,1-2H3,(H,22,25)/t17-/m1/s1. The maximum Gasteiger partial charge on any atom is 0.234 e. The Hall–Kier alpha value is -2.14. The highest BCUT2D eigenvalue weighted by Gasteiger charge is 2.22. The number of piperidine rings is 1. The Morgan fingerprint density at radius 2 is 2.20 bits per heavy atom. The van der Waals surface area contributed by atoms with Crippen LogP contribution in [0.5, 0.6) is 0 Å². The lowest BCUT2D eigenvalue weighted by molar-refractivity contribution is -0.122. The zero-order valence-electron chi connectivity index (χ0n) is 15.2. The molecule has 1 aromatic heterocycles. The van der Waals surface area contributed by atoms with Gasteiger partial charge in [-0.15, -0.1) is 0 Å². The van der Waals surface area contributed by atoms with E-state index in [9.17, 15) is 4.79 Å². The Kier molecular flexibility index (Phi) is 5.87. The summed E-state index contributed by atoms with van der Waals surface area (Å²) in [6.07, 6.45) is 7.21. The molecule has 0 saturated carbocycles. The van der Waals surface area contributed by atoms with E-state index in [1.54, 1.807) is 0 Å². The Morgan fingerprint density at radius 3 is 2.96 bits per heavy atom. The molecule has 0 aliphatic carbocycles. The second-order valence-corrected chi connectivity index (χ2v) is 7.11. The van der Waals surface area contributed by atoms with Crippen LogP contribution in [0.15, 0.2) is 36.7 Å². The van der Waals surface area contributed by atoms with Crippen LogP contribution in [0.1, 0.15) is 29.8 Å². The molecule has 2 heterocycles. The minimum absolute atomic E-state index is 0.112. The molecule has 1 aliphatic rings. The summed E-state index contributed by atoms with van der Waals surface area (Å²) in [5.74, 6) is 1.83. The second kappa shape index (κ2) is 8.30. The Morgan fingerprint density at radius 1 is 1.36 bits per heavy atom. The quantitative estimate of drug-likeness (QED) is 0.878. The molecule has 1 aromatic carbocycles. The summed E-state index contributed by atoms with van der Waals surface area (Å²) in [4.78, 5) is 19.0. The Labute approximate surface area is 150 Å². The SMILES string of the molecule is Cc1ccccc1CNC(=O)CN1CCC[C@H](Cc2nccn2C)C1. The molecule has 5 nitrogen and oxygen atoms in total. The molecule has 0 unspecified atom stereocenters. The average Bonchev–Trinajstić information content (AvgIpc) is 2.99. The summed E-state index contributed by atoms with van der Waals surface area (Å²) in [6, 6.07) is 8.19. The lowest BCUT2D eigenvalue weighted by Crippen LogP contribution is -2.43. The van der Waals surface area contributed by atoms with Gasteiger partial charge in [0.05, 0.1) is 6.54 Å². The molecule has 1 N–H and O–H groups in total. The van der Waals surface area contributed by atoms with Gasteiger partial charge in [0, 0.05) is 39.0 Å². The van der Waals surface area contributed by atoms with E-state index in [0.29, 0.717) is 19.0 Å². The van der Waals surface area contributed by atoms with Crippen LogP contribution < -0.4 is 5.32 Å². The monoisotopic (exact) mass is 340 g/mol. The lowest BCUT2D eigenvalue weighted by atomic mass is 9.94. The van der Waals surface area contributed by atoms with Crippen molar-refractivity contribution in [2.75, 3.05) is 19.6 Å². The lowest BCUT2D eigenvalue weighted by Gasteiger charge is -2.32. The number of benzene rings is 1. The van der Waals surface area contributed by atoms with E-state index in [-0.39, 0.29) is 5.91 Å². The minimum Gasteiger partial charge on any atom is -0.351 e. The predicted octanol–water partition coefficient (Wildman–Crippen LogP) is 2.30. The Balaban J connectivity index is 1.46. The number of carbonyl (C=O) groups excluding carboxylic acids is 1. The minimum atomic E-state index is 0.112. The van der Waals surface area contributed by atoms with Gasteiger partial charge in [-0.1, -0.05) is 24.3 Å². The normalized spacial score (nSPS) is 18.2. The first-order valence-electron chi connectivity index (χ1n) is 9.11. The topological polar surface area (TPSA) is 50.2 Å². The van der Waals surface area contributed by atoms with Crippen LogP contribution in [0.2, 0.25) is 0 Å². The number of amides is 1. The molecule has 5 heteroatoms. The average molecular weight is 340 g/mol. The predicted molar refractivity (Wildman–Crippen MR) is 99.1 cm³/mol. The number of imidazole rings is 1. The molecule has 1 fully saturated rings. The van der Waals surface area contributed by atoms with Gasteiger partial charge in [0.2, 0.25) is 5.91 Å². The van der Waals surface area contributed by atoms with Gasteiger partial charge in [-0.3, -0.25) is 9.69 Å². The smallest absolute Gasteiger partial charge is 0.234 e. The fraction of sp³-hybridized carbons (Fsp3) is 0.500. The zero-order valence-corrected chi connectivity index (χ0v) is 15.2. The highest BCUT2D eigenvalue weighted by atomic mass is 16.2. The van der Waals surface area contributed by atoms with E-state index in [2.05, 4.69) is 38.8 Å². The summed E-state index contributed by atoms with van der Waals surface area (Å²) in [6.45, 7) is 5.16. The maximum absolute atomic E-state index is 12.3. The fourth-order valence-electron chi connectivity index (χ4n) is 3.57. The molecular formula is C20H28N4O. The van der Waals surface area contributed by atoms with Crippen LogP contribution in [0.4, 0.5) is 0 Å². The maximum atomic E-state index is 12.3. The van der Waals surface area contributed by atoms with Crippen LogP contribution in [0, 0.1) is 12.8 Å². The number of nitrogens with one attached hydrogen (secondary N) is 1. The number of hydrogen-bond acceptors (Lipinski definition) is 3. The summed E-state index contributed by atoms with van der Waals surface area (Å²) in [7, 11) is 2.04. The first-order chi connectivity index (χ1) is 12.1. The molecule has 1 aliphatic heterocycles. The largest absolute Gasteiger partial charge is 0.351 e. The molecule has 1 amide bonds. The van der Waals surface area contributed by atoms with Gasteiger partial charge in [-0.2, -0.15) is 0 Å². The second-order valence-electron chi connectivity index (χ2n) is 7.11. The Bertz CT molecular complexity index is 709. The van der Waals surface area contributed by atoms with Crippen molar-refractivity contribution < 1.29 is 4.79 Å². The number of rotatable bonds is 6. The molecule has 0 radical (unpaired) electrons. The number of likely N-dealkylation sites (tertiary alicyclic amines) is 1. The molecular weight excluding hydrogens is 312 g/mol. The number of nitrogens with zero attached hydrogens (tertiary/aromatic N) is 3. The summed E-state index contributed by atoms with van der Waals surface area (Å²) in [5, 5.41) is 3.06. The van der Waals surface area contributed by atoms with Crippen molar-refractivity contribution in [2.45, 2.75) is 32.7 Å². The molecule has 1 atom stereocenters. The third-order valence-electron chi connectivity index (χ3n) is 5.10. The van der Waals surface area contributed by atoms with Crippen molar-refractivity contribution in [3.05, 3.63) is 53.6 Å². The van der Waals surface area contributed by atoms with Gasteiger partial charge >= 0.3 is 0 Å². The third kappa shape index (κ3) is 4.92. The van der Waals surface area contributed by atoms with Crippen molar-refractivity contribution in [3.8, 4) is 0 Å². The van der Waals surface area contributed by atoms with Crippen LogP contribution in [-0.4, -0.2) is 40.0 Å². The fourth-order valence-corrected chi connectivity index (χ4v) is 3.57. The zero-order chi connectivity index (χ0) is 17.6. The molecule has 25 heavy (non-hydrogen) atoms. The van der Waals surface area contributed by atoms with Gasteiger partial charge in [0.25, 0.3) is 0 Å². The first kappa shape index (κ1) is 17.7. The summed E-state index contributed by atoms with van der Waals surface area (Å²) in [5.41, 5.74) is 2.40. The third-order valence-corrected chi connectivity index (χ3v) is 5.10. The summed E-state index contributed by atoms with van der Waals surface area (Å²) >= 11 is 0. The van der Waals surface area contributed by atoms with Crippen molar-refractivity contribution in [3.63, 3.8) is 0 Å². The van der Waals surface area contributed by atoms with E-state index in [1.165, 1.54) is 17.5 Å². The summed E-state index contributed by atoms with van der Waals surface area (Å²) < 4.78 is 2.09. The van der Waals surface area contributed by atoms with Crippen molar-refractivity contribution >= 4 is 5.91 Å². The van der Waals surface area contributed by atoms with Crippen molar-refractivity contribution in [1.29, 1.82) is 0 Å². The first-order valence-corrected chi connectivity index (χ1v) is 9.11. The van der Waals surface area contributed by atoms with E-state index in [0.717, 1.165) is 31.8 Å². The van der Waals surface area contributed by atoms with Gasteiger partial charge in [0.1, 0.15) is 5.82 Å². The molecule has 1 saturated heterocycles. The molecule has 134 valence electrons. The van der Waals surface area contributed by atoms with Crippen LogP contribution in [0.3, 0.4) is 0 Å².